The molecule has 1 fully saturated rings. The molecule has 0 aromatic rings. The summed E-state index contributed by atoms with van der Waals surface area (Å²) in [4.78, 5) is 10.5. The van der Waals surface area contributed by atoms with Gasteiger partial charge in [0.2, 0.25) is 0 Å². The molecule has 0 aromatic heterocycles. The Morgan fingerprint density at radius 3 is 3.11 bits per heavy atom. The Bertz CT molecular complexity index is 129. The molecule has 0 aromatic carbocycles. The van der Waals surface area contributed by atoms with E-state index in [-0.39, 0.29) is 5.97 Å². The fraction of sp³-hybridized carbons (Fsp3) is 0.571. The lowest BCUT2D eigenvalue weighted by Crippen LogP contribution is -1.95. The van der Waals surface area contributed by atoms with Crippen LogP contribution < -0.4 is 0 Å². The summed E-state index contributed by atoms with van der Waals surface area (Å²) in [6.45, 7) is 4.17. The molecule has 0 saturated carbocycles. The van der Waals surface area contributed by atoms with E-state index >= 15 is 0 Å². The highest BCUT2D eigenvalue weighted by atomic mass is 16.5. The van der Waals surface area contributed by atoms with Gasteiger partial charge in [-0.3, -0.25) is 4.79 Å². The first kappa shape index (κ1) is 6.33. The molecule has 1 rings (SSSR count). The van der Waals surface area contributed by atoms with Crippen LogP contribution in [0.4, 0.5) is 0 Å². The van der Waals surface area contributed by atoms with Gasteiger partial charge in [0.05, 0.1) is 13.0 Å². The van der Waals surface area contributed by atoms with Gasteiger partial charge in [-0.05, 0) is 6.42 Å². The Labute approximate surface area is 54.5 Å². The minimum Gasteiger partial charge on any atom is -0.465 e. The second kappa shape index (κ2) is 2.67. The first-order valence-corrected chi connectivity index (χ1v) is 3.09. The van der Waals surface area contributed by atoms with E-state index in [2.05, 4.69) is 6.58 Å². The summed E-state index contributed by atoms with van der Waals surface area (Å²) < 4.78 is 4.73. The standard InChI is InChI=1S/C7H10O2/c1-2-3-6-4-7(8)9-5-6/h2,6H,1,3-5H2/t6-/m0/s1. The van der Waals surface area contributed by atoms with Gasteiger partial charge in [0.1, 0.15) is 0 Å². The Balaban J connectivity index is 2.29. The lowest BCUT2D eigenvalue weighted by Gasteiger charge is -1.97. The van der Waals surface area contributed by atoms with Crippen molar-refractivity contribution in [2.75, 3.05) is 6.61 Å². The SMILES string of the molecule is C=CC[C@@H]1COC(=O)C1. The van der Waals surface area contributed by atoms with Gasteiger partial charge in [-0.25, -0.2) is 0 Å². The number of carbonyl (C=O) groups excluding carboxylic acids is 1. The number of hydrogen-bond donors (Lipinski definition) is 0. The van der Waals surface area contributed by atoms with Crippen LogP contribution in [0.2, 0.25) is 0 Å². The molecule has 0 unspecified atom stereocenters. The molecule has 0 N–H and O–H groups in total. The lowest BCUT2D eigenvalue weighted by atomic mass is 10.1. The smallest absolute Gasteiger partial charge is 0.306 e. The van der Waals surface area contributed by atoms with E-state index in [1.54, 1.807) is 0 Å². The van der Waals surface area contributed by atoms with Crippen LogP contribution in [0.25, 0.3) is 0 Å². The molecule has 0 aliphatic carbocycles. The monoisotopic (exact) mass is 126 g/mol. The summed E-state index contributed by atoms with van der Waals surface area (Å²) in [5.74, 6) is 0.330. The van der Waals surface area contributed by atoms with Gasteiger partial charge in [-0.15, -0.1) is 6.58 Å². The second-order valence-electron chi connectivity index (χ2n) is 2.28. The van der Waals surface area contributed by atoms with Crippen LogP contribution in [0.15, 0.2) is 12.7 Å². The van der Waals surface area contributed by atoms with Crippen LogP contribution in [0.1, 0.15) is 12.8 Å². The Kier molecular flexibility index (Phi) is 1.88. The summed E-state index contributed by atoms with van der Waals surface area (Å²) in [6, 6.07) is 0. The number of cyclic esters (lactones) is 1. The van der Waals surface area contributed by atoms with Gasteiger partial charge in [0.15, 0.2) is 0 Å². The summed E-state index contributed by atoms with van der Waals surface area (Å²) in [5, 5.41) is 0. The van der Waals surface area contributed by atoms with E-state index in [1.165, 1.54) is 0 Å². The van der Waals surface area contributed by atoms with Gasteiger partial charge in [0, 0.05) is 5.92 Å². The van der Waals surface area contributed by atoms with Crippen molar-refractivity contribution in [3.8, 4) is 0 Å². The number of rotatable bonds is 2. The molecule has 0 bridgehead atoms. The maximum atomic E-state index is 10.5. The molecule has 9 heavy (non-hydrogen) atoms. The van der Waals surface area contributed by atoms with Crippen LogP contribution in [-0.4, -0.2) is 12.6 Å². The molecule has 1 heterocycles. The predicted molar refractivity (Wildman–Crippen MR) is 33.9 cm³/mol. The third kappa shape index (κ3) is 1.56. The van der Waals surface area contributed by atoms with Crippen molar-refractivity contribution in [1.29, 1.82) is 0 Å². The van der Waals surface area contributed by atoms with Crippen LogP contribution in [0, 0.1) is 5.92 Å². The van der Waals surface area contributed by atoms with Gasteiger partial charge in [0.25, 0.3) is 0 Å². The van der Waals surface area contributed by atoms with E-state index in [4.69, 9.17) is 4.74 Å². The van der Waals surface area contributed by atoms with Gasteiger partial charge in [-0.2, -0.15) is 0 Å². The van der Waals surface area contributed by atoms with Crippen molar-refractivity contribution in [3.63, 3.8) is 0 Å². The first-order valence-electron chi connectivity index (χ1n) is 3.09. The molecule has 1 aliphatic rings. The van der Waals surface area contributed by atoms with E-state index in [1.807, 2.05) is 6.08 Å². The largest absolute Gasteiger partial charge is 0.465 e. The fourth-order valence-corrected chi connectivity index (χ4v) is 0.951. The topological polar surface area (TPSA) is 26.3 Å². The molecule has 1 saturated heterocycles. The normalized spacial score (nSPS) is 25.8. The summed E-state index contributed by atoms with van der Waals surface area (Å²) in [6.07, 6.45) is 3.30. The molecule has 1 aliphatic heterocycles. The van der Waals surface area contributed by atoms with Crippen molar-refractivity contribution in [3.05, 3.63) is 12.7 Å². The molecule has 0 spiro atoms. The van der Waals surface area contributed by atoms with Gasteiger partial charge in [-0.1, -0.05) is 6.08 Å². The highest BCUT2D eigenvalue weighted by molar-refractivity contribution is 5.71. The zero-order valence-corrected chi connectivity index (χ0v) is 5.30. The van der Waals surface area contributed by atoms with Crippen LogP contribution in [-0.2, 0) is 9.53 Å². The van der Waals surface area contributed by atoms with E-state index < -0.39 is 0 Å². The zero-order valence-electron chi connectivity index (χ0n) is 5.30. The third-order valence-corrected chi connectivity index (χ3v) is 1.44. The summed E-state index contributed by atoms with van der Waals surface area (Å²) in [5.41, 5.74) is 0. The molecular formula is C7H10O2. The summed E-state index contributed by atoms with van der Waals surface area (Å²) >= 11 is 0. The first-order chi connectivity index (χ1) is 4.33. The van der Waals surface area contributed by atoms with Gasteiger partial charge < -0.3 is 4.74 Å². The Hall–Kier alpha value is -0.790. The number of carbonyl (C=O) groups is 1. The highest BCUT2D eigenvalue weighted by Gasteiger charge is 2.21. The zero-order chi connectivity index (χ0) is 6.69. The molecule has 50 valence electrons. The fourth-order valence-electron chi connectivity index (χ4n) is 0.951. The minimum absolute atomic E-state index is 0.0677. The third-order valence-electron chi connectivity index (χ3n) is 1.44. The van der Waals surface area contributed by atoms with Crippen molar-refractivity contribution < 1.29 is 9.53 Å². The van der Waals surface area contributed by atoms with Crippen LogP contribution in [0.3, 0.4) is 0 Å². The number of ether oxygens (including phenoxy) is 1. The highest BCUT2D eigenvalue weighted by Crippen LogP contribution is 2.17. The number of esters is 1. The quantitative estimate of drug-likeness (QED) is 0.409. The molecular weight excluding hydrogens is 116 g/mol. The average Bonchev–Trinajstić information content (AvgIpc) is 2.17. The molecule has 1 atom stereocenters. The van der Waals surface area contributed by atoms with Crippen molar-refractivity contribution in [2.45, 2.75) is 12.8 Å². The average molecular weight is 126 g/mol. The number of allylic oxidation sites excluding steroid dienone is 1. The Morgan fingerprint density at radius 1 is 1.89 bits per heavy atom. The second-order valence-corrected chi connectivity index (χ2v) is 2.28. The molecule has 2 nitrogen and oxygen atoms in total. The predicted octanol–water partition coefficient (Wildman–Crippen LogP) is 1.13. The number of hydrogen-bond acceptors (Lipinski definition) is 2. The maximum Gasteiger partial charge on any atom is 0.306 e. The summed E-state index contributed by atoms with van der Waals surface area (Å²) in [7, 11) is 0. The lowest BCUT2D eigenvalue weighted by molar-refractivity contribution is -0.137. The maximum absolute atomic E-state index is 10.5. The Morgan fingerprint density at radius 2 is 2.67 bits per heavy atom. The van der Waals surface area contributed by atoms with Crippen LogP contribution >= 0.6 is 0 Å². The van der Waals surface area contributed by atoms with E-state index in [0.29, 0.717) is 18.9 Å². The van der Waals surface area contributed by atoms with E-state index in [9.17, 15) is 4.79 Å². The molecule has 0 amide bonds. The van der Waals surface area contributed by atoms with Crippen LogP contribution in [0.5, 0.6) is 0 Å². The molecule has 0 radical (unpaired) electrons. The minimum atomic E-state index is -0.0677. The van der Waals surface area contributed by atoms with Crippen molar-refractivity contribution in [2.24, 2.45) is 5.92 Å². The molecule has 2 heteroatoms. The van der Waals surface area contributed by atoms with E-state index in [0.717, 1.165) is 6.42 Å². The van der Waals surface area contributed by atoms with Crippen molar-refractivity contribution in [1.82, 2.24) is 0 Å². The van der Waals surface area contributed by atoms with Crippen molar-refractivity contribution >= 4 is 5.97 Å². The van der Waals surface area contributed by atoms with Gasteiger partial charge >= 0.3 is 5.97 Å².